The van der Waals surface area contributed by atoms with Gasteiger partial charge in [0, 0.05) is 37.9 Å². The number of piperazine rings is 1. The van der Waals surface area contributed by atoms with Gasteiger partial charge in [0.05, 0.1) is 11.1 Å². The molecule has 1 atom stereocenters. The van der Waals surface area contributed by atoms with Crippen molar-refractivity contribution in [3.8, 4) is 16.9 Å². The number of carbonyl (C=O) groups excluding carboxylic acids is 2. The van der Waals surface area contributed by atoms with E-state index in [1.807, 2.05) is 0 Å². The van der Waals surface area contributed by atoms with E-state index in [1.54, 1.807) is 7.05 Å². The average Bonchev–Trinajstić information content (AvgIpc) is 2.73. The van der Waals surface area contributed by atoms with E-state index in [0.29, 0.717) is 24.6 Å². The molecule has 0 bridgehead atoms. The maximum atomic E-state index is 14.6. The van der Waals surface area contributed by atoms with Gasteiger partial charge in [-0.2, -0.15) is 13.2 Å². The van der Waals surface area contributed by atoms with Crippen LogP contribution in [0.5, 0.6) is 5.75 Å². The van der Waals surface area contributed by atoms with Crippen LogP contribution in [0.25, 0.3) is 11.1 Å². The van der Waals surface area contributed by atoms with Crippen molar-refractivity contribution in [1.82, 2.24) is 10.2 Å². The summed E-state index contributed by atoms with van der Waals surface area (Å²) in [5.41, 5.74) is -1.69. The van der Waals surface area contributed by atoms with E-state index in [2.05, 4.69) is 10.6 Å². The van der Waals surface area contributed by atoms with E-state index < -0.39 is 40.8 Å². The third-order valence-electron chi connectivity index (χ3n) is 4.89. The molecule has 1 fully saturated rings. The molecule has 2 aromatic rings. The van der Waals surface area contributed by atoms with Gasteiger partial charge in [0.25, 0.3) is 5.91 Å². The molecule has 0 saturated carbocycles. The fraction of sp³-hybridized carbons (Fsp3) is 0.300. The van der Waals surface area contributed by atoms with E-state index >= 15 is 0 Å². The van der Waals surface area contributed by atoms with E-state index in [9.17, 15) is 32.3 Å². The number of halogens is 4. The van der Waals surface area contributed by atoms with Gasteiger partial charge in [0.1, 0.15) is 23.9 Å². The van der Waals surface area contributed by atoms with Crippen molar-refractivity contribution in [2.75, 3.05) is 32.0 Å². The molecule has 3 rings (SSSR count). The second-order valence-corrected chi connectivity index (χ2v) is 6.77. The highest BCUT2D eigenvalue weighted by Gasteiger charge is 2.36. The Bertz CT molecular complexity index is 978. The summed E-state index contributed by atoms with van der Waals surface area (Å²) in [6.45, 7) is 1.01. The number of carbonyl (C=O) groups is 2. The van der Waals surface area contributed by atoms with Gasteiger partial charge in [-0.1, -0.05) is 6.07 Å². The number of amides is 1. The number of alkyl halides is 3. The zero-order chi connectivity index (χ0) is 22.1. The summed E-state index contributed by atoms with van der Waals surface area (Å²) >= 11 is 0. The predicted octanol–water partition coefficient (Wildman–Crippen LogP) is 2.87. The van der Waals surface area contributed by atoms with Crippen molar-refractivity contribution in [2.45, 2.75) is 12.2 Å². The quantitative estimate of drug-likeness (QED) is 0.519. The molecular weight excluding hydrogens is 406 g/mol. The molecule has 10 heteroatoms. The molecule has 1 saturated heterocycles. The summed E-state index contributed by atoms with van der Waals surface area (Å²) in [7, 11) is 1.55. The van der Waals surface area contributed by atoms with Crippen molar-refractivity contribution in [1.29, 1.82) is 0 Å². The molecule has 0 spiro atoms. The Labute approximate surface area is 169 Å². The van der Waals surface area contributed by atoms with Crippen LogP contribution >= 0.6 is 0 Å². The zero-order valence-corrected chi connectivity index (χ0v) is 15.9. The Balaban J connectivity index is 2.11. The number of anilines is 1. The van der Waals surface area contributed by atoms with Gasteiger partial charge in [-0.25, -0.2) is 4.39 Å². The fourth-order valence-corrected chi connectivity index (χ4v) is 3.39. The van der Waals surface area contributed by atoms with Gasteiger partial charge < -0.3 is 25.4 Å². The van der Waals surface area contributed by atoms with Gasteiger partial charge in [-0.05, 0) is 29.8 Å². The lowest BCUT2D eigenvalue weighted by atomic mass is 9.97. The highest BCUT2D eigenvalue weighted by atomic mass is 19.4. The summed E-state index contributed by atoms with van der Waals surface area (Å²) in [5, 5.41) is 15.5. The Morgan fingerprint density at radius 1 is 1.30 bits per heavy atom. The Morgan fingerprint density at radius 3 is 2.67 bits per heavy atom. The second kappa shape index (κ2) is 8.31. The first kappa shape index (κ1) is 21.6. The monoisotopic (exact) mass is 425 g/mol. The lowest BCUT2D eigenvalue weighted by molar-refractivity contribution is -0.140. The van der Waals surface area contributed by atoms with Crippen molar-refractivity contribution in [2.24, 2.45) is 0 Å². The number of hydrogen-bond acceptors (Lipinski definition) is 5. The highest BCUT2D eigenvalue weighted by molar-refractivity contribution is 6.02. The van der Waals surface area contributed by atoms with E-state index in [-0.39, 0.29) is 24.2 Å². The first-order chi connectivity index (χ1) is 14.2. The van der Waals surface area contributed by atoms with Crippen LogP contribution in [0.4, 0.5) is 23.2 Å². The SMILES string of the molecule is CNc1ccc(-c2cc(O)cc(C(F)(F)F)c2F)cc1C(=O)N1CCNCC1C=O. The second-order valence-electron chi connectivity index (χ2n) is 6.77. The van der Waals surface area contributed by atoms with Crippen LogP contribution in [0, 0.1) is 5.82 Å². The topological polar surface area (TPSA) is 81.7 Å². The van der Waals surface area contributed by atoms with Gasteiger partial charge in [-0.3, -0.25) is 4.79 Å². The molecule has 30 heavy (non-hydrogen) atoms. The number of aldehydes is 1. The van der Waals surface area contributed by atoms with Crippen LogP contribution in [0.3, 0.4) is 0 Å². The lowest BCUT2D eigenvalue weighted by Crippen LogP contribution is -2.54. The van der Waals surface area contributed by atoms with E-state index in [0.717, 1.165) is 6.07 Å². The van der Waals surface area contributed by atoms with E-state index in [1.165, 1.54) is 23.1 Å². The minimum Gasteiger partial charge on any atom is -0.508 e. The molecule has 1 unspecified atom stereocenters. The van der Waals surface area contributed by atoms with Gasteiger partial charge in [-0.15, -0.1) is 0 Å². The van der Waals surface area contributed by atoms with Crippen LogP contribution < -0.4 is 10.6 Å². The molecule has 1 aliphatic heterocycles. The van der Waals surface area contributed by atoms with Crippen molar-refractivity contribution < 1.29 is 32.3 Å². The van der Waals surface area contributed by atoms with Crippen LogP contribution in [0.1, 0.15) is 15.9 Å². The van der Waals surface area contributed by atoms with E-state index in [4.69, 9.17) is 0 Å². The molecule has 1 aliphatic rings. The summed E-state index contributed by atoms with van der Waals surface area (Å²) in [6.07, 6.45) is -4.36. The molecule has 1 amide bonds. The summed E-state index contributed by atoms with van der Waals surface area (Å²) in [6, 6.07) is 4.49. The minimum atomic E-state index is -5.00. The molecule has 2 aromatic carbocycles. The number of nitrogens with one attached hydrogen (secondary N) is 2. The van der Waals surface area contributed by atoms with Crippen LogP contribution in [-0.2, 0) is 11.0 Å². The van der Waals surface area contributed by atoms with Crippen LogP contribution in [0.15, 0.2) is 30.3 Å². The Kier molecular flexibility index (Phi) is 5.97. The van der Waals surface area contributed by atoms with Gasteiger partial charge in [0.2, 0.25) is 0 Å². The highest BCUT2D eigenvalue weighted by Crippen LogP contribution is 2.39. The number of benzene rings is 2. The first-order valence-electron chi connectivity index (χ1n) is 9.06. The fourth-order valence-electron chi connectivity index (χ4n) is 3.39. The third-order valence-corrected chi connectivity index (χ3v) is 4.89. The molecule has 3 N–H and O–H groups in total. The molecule has 0 aliphatic carbocycles. The lowest BCUT2D eigenvalue weighted by Gasteiger charge is -2.33. The maximum Gasteiger partial charge on any atom is 0.419 e. The molecule has 0 radical (unpaired) electrons. The van der Waals surface area contributed by atoms with Gasteiger partial charge >= 0.3 is 6.18 Å². The number of phenolic OH excluding ortho intramolecular Hbond substituents is 1. The molecular formula is C20H19F4N3O3. The summed E-state index contributed by atoms with van der Waals surface area (Å²) in [5.74, 6) is -2.83. The van der Waals surface area contributed by atoms with Crippen LogP contribution in [0.2, 0.25) is 0 Å². The largest absolute Gasteiger partial charge is 0.508 e. The predicted molar refractivity (Wildman–Crippen MR) is 102 cm³/mol. The first-order valence-corrected chi connectivity index (χ1v) is 9.06. The van der Waals surface area contributed by atoms with Crippen LogP contribution in [-0.4, -0.2) is 54.9 Å². The maximum absolute atomic E-state index is 14.6. The van der Waals surface area contributed by atoms with Gasteiger partial charge in [0.15, 0.2) is 0 Å². The third kappa shape index (κ3) is 4.09. The summed E-state index contributed by atoms with van der Waals surface area (Å²) < 4.78 is 54.0. The normalized spacial score (nSPS) is 17.0. The smallest absolute Gasteiger partial charge is 0.419 e. The van der Waals surface area contributed by atoms with Crippen molar-refractivity contribution in [3.05, 3.63) is 47.3 Å². The zero-order valence-electron chi connectivity index (χ0n) is 15.9. The average molecular weight is 425 g/mol. The number of phenols is 1. The number of nitrogens with zero attached hydrogens (tertiary/aromatic N) is 1. The standard InChI is InChI=1S/C20H19F4N3O3/c1-25-17-3-2-11(14-7-13(29)8-16(18(14)21)20(22,23)24)6-15(17)19(30)27-5-4-26-9-12(27)10-28/h2-3,6-8,10,12,25-26,29H,4-5,9H2,1H3. The minimum absolute atomic E-state index is 0.0194. The molecule has 6 nitrogen and oxygen atoms in total. The number of rotatable bonds is 4. The van der Waals surface area contributed by atoms with Crippen molar-refractivity contribution >= 4 is 17.9 Å². The Morgan fingerprint density at radius 2 is 2.03 bits per heavy atom. The molecule has 1 heterocycles. The Hall–Kier alpha value is -3.14. The summed E-state index contributed by atoms with van der Waals surface area (Å²) in [4.78, 5) is 25.8. The molecule has 0 aromatic heterocycles. The van der Waals surface area contributed by atoms with Crippen molar-refractivity contribution in [3.63, 3.8) is 0 Å². The number of aromatic hydroxyl groups is 1. The molecule has 160 valence electrons. The number of hydrogen-bond donors (Lipinski definition) is 3.